The molecule has 1 aromatic carbocycles. The lowest BCUT2D eigenvalue weighted by molar-refractivity contribution is 0.0957. The molecule has 124 valence electrons. The van der Waals surface area contributed by atoms with Crippen LogP contribution in [0.25, 0.3) is 10.1 Å². The number of thiazole rings is 1. The van der Waals surface area contributed by atoms with Crippen molar-refractivity contribution in [3.63, 3.8) is 0 Å². The Morgan fingerprint density at radius 3 is 2.88 bits per heavy atom. The Hall–Kier alpha value is -1.72. The van der Waals surface area contributed by atoms with E-state index in [-0.39, 0.29) is 5.91 Å². The van der Waals surface area contributed by atoms with Gasteiger partial charge in [-0.05, 0) is 49.6 Å². The van der Waals surface area contributed by atoms with Gasteiger partial charge in [0.2, 0.25) is 0 Å². The molecule has 0 radical (unpaired) electrons. The molecule has 1 N–H and O–H groups in total. The SMILES string of the molecule is Cc1c(C(=O)NCCc2nc3c(s2)CCCC3)sc2ccccc12. The molecular formula is C19H20N2OS2. The third-order valence-corrected chi connectivity index (χ3v) is 7.05. The van der Waals surface area contributed by atoms with Crippen LogP contribution in [0.1, 0.15) is 43.7 Å². The van der Waals surface area contributed by atoms with Crippen molar-refractivity contribution in [3.05, 3.63) is 50.3 Å². The summed E-state index contributed by atoms with van der Waals surface area (Å²) >= 11 is 3.41. The molecule has 0 atom stereocenters. The fraction of sp³-hybridized carbons (Fsp3) is 0.368. The standard InChI is InChI=1S/C19H20N2OS2/c1-12-13-6-2-4-8-15(13)24-18(12)19(22)20-11-10-17-21-14-7-3-5-9-16(14)23-17/h2,4,6,8H,3,5,7,9-11H2,1H3,(H,20,22). The van der Waals surface area contributed by atoms with Gasteiger partial charge < -0.3 is 5.32 Å². The predicted octanol–water partition coefficient (Wildman–Crippen LogP) is 4.52. The van der Waals surface area contributed by atoms with Gasteiger partial charge in [-0.25, -0.2) is 4.98 Å². The molecule has 0 aliphatic heterocycles. The largest absolute Gasteiger partial charge is 0.351 e. The summed E-state index contributed by atoms with van der Waals surface area (Å²) in [7, 11) is 0. The van der Waals surface area contributed by atoms with Gasteiger partial charge in [-0.1, -0.05) is 18.2 Å². The average Bonchev–Trinajstić information content (AvgIpc) is 3.16. The zero-order chi connectivity index (χ0) is 16.5. The molecule has 0 spiro atoms. The minimum Gasteiger partial charge on any atom is -0.351 e. The molecule has 3 nitrogen and oxygen atoms in total. The van der Waals surface area contributed by atoms with Crippen molar-refractivity contribution < 1.29 is 4.79 Å². The van der Waals surface area contributed by atoms with Crippen molar-refractivity contribution in [2.75, 3.05) is 6.54 Å². The summed E-state index contributed by atoms with van der Waals surface area (Å²) in [6, 6.07) is 8.19. The first kappa shape index (κ1) is 15.8. The lowest BCUT2D eigenvalue weighted by atomic mass is 10.0. The lowest BCUT2D eigenvalue weighted by Gasteiger charge is -2.06. The molecule has 24 heavy (non-hydrogen) atoms. The topological polar surface area (TPSA) is 42.0 Å². The number of aromatic nitrogens is 1. The van der Waals surface area contributed by atoms with Crippen molar-refractivity contribution in [3.8, 4) is 0 Å². The number of nitrogens with one attached hydrogen (secondary N) is 1. The first-order valence-electron chi connectivity index (χ1n) is 8.46. The van der Waals surface area contributed by atoms with E-state index >= 15 is 0 Å². The first-order chi connectivity index (χ1) is 11.7. The highest BCUT2D eigenvalue weighted by molar-refractivity contribution is 7.21. The maximum Gasteiger partial charge on any atom is 0.261 e. The molecule has 0 bridgehead atoms. The number of hydrogen-bond acceptors (Lipinski definition) is 4. The van der Waals surface area contributed by atoms with Gasteiger partial charge in [-0.2, -0.15) is 0 Å². The number of thiophene rings is 1. The number of nitrogens with zero attached hydrogens (tertiary/aromatic N) is 1. The van der Waals surface area contributed by atoms with E-state index in [2.05, 4.69) is 17.4 Å². The summed E-state index contributed by atoms with van der Waals surface area (Å²) < 4.78 is 1.17. The van der Waals surface area contributed by atoms with Crippen molar-refractivity contribution >= 4 is 38.7 Å². The van der Waals surface area contributed by atoms with E-state index in [9.17, 15) is 4.79 Å². The molecule has 0 saturated heterocycles. The van der Waals surface area contributed by atoms with Gasteiger partial charge in [0.15, 0.2) is 0 Å². The number of rotatable bonds is 4. The van der Waals surface area contributed by atoms with Crippen molar-refractivity contribution in [2.24, 2.45) is 0 Å². The number of benzene rings is 1. The van der Waals surface area contributed by atoms with E-state index in [1.165, 1.54) is 39.9 Å². The van der Waals surface area contributed by atoms with Gasteiger partial charge in [-0.15, -0.1) is 22.7 Å². The number of amides is 1. The van der Waals surface area contributed by atoms with Crippen molar-refractivity contribution in [2.45, 2.75) is 39.0 Å². The molecule has 2 heterocycles. The van der Waals surface area contributed by atoms with Crippen molar-refractivity contribution in [1.29, 1.82) is 0 Å². The van der Waals surface area contributed by atoms with E-state index in [4.69, 9.17) is 4.98 Å². The van der Waals surface area contributed by atoms with Gasteiger partial charge in [0.05, 0.1) is 15.6 Å². The maximum atomic E-state index is 12.5. The van der Waals surface area contributed by atoms with Crippen LogP contribution >= 0.6 is 22.7 Å². The Balaban J connectivity index is 1.41. The minimum atomic E-state index is 0.0371. The molecule has 2 aromatic heterocycles. The van der Waals surface area contributed by atoms with Crippen LogP contribution in [0, 0.1) is 6.92 Å². The van der Waals surface area contributed by atoms with Gasteiger partial charge in [-0.3, -0.25) is 4.79 Å². The van der Waals surface area contributed by atoms with Crippen LogP contribution in [0.4, 0.5) is 0 Å². The van der Waals surface area contributed by atoms with Crippen LogP contribution in [0.2, 0.25) is 0 Å². The smallest absolute Gasteiger partial charge is 0.261 e. The Bertz CT molecular complexity index is 871. The van der Waals surface area contributed by atoms with Gasteiger partial charge in [0, 0.05) is 22.5 Å². The van der Waals surface area contributed by atoms with Crippen molar-refractivity contribution in [1.82, 2.24) is 10.3 Å². The summed E-state index contributed by atoms with van der Waals surface area (Å²) in [5, 5.41) is 5.41. The first-order valence-corrected chi connectivity index (χ1v) is 10.1. The highest BCUT2D eigenvalue weighted by Crippen LogP contribution is 2.30. The third-order valence-electron chi connectivity index (χ3n) is 4.56. The van der Waals surface area contributed by atoms with Crippen LogP contribution in [0.5, 0.6) is 0 Å². The molecular weight excluding hydrogens is 336 g/mol. The number of fused-ring (bicyclic) bond motifs is 2. The molecule has 0 fully saturated rings. The summed E-state index contributed by atoms with van der Waals surface area (Å²) in [5.41, 5.74) is 2.38. The number of aryl methyl sites for hydroxylation is 3. The Morgan fingerprint density at radius 2 is 2.04 bits per heavy atom. The fourth-order valence-corrected chi connectivity index (χ4v) is 5.55. The Morgan fingerprint density at radius 1 is 1.21 bits per heavy atom. The molecule has 1 aliphatic rings. The molecule has 1 amide bonds. The molecule has 5 heteroatoms. The zero-order valence-electron chi connectivity index (χ0n) is 13.7. The molecule has 0 unspecified atom stereocenters. The van der Waals surface area contributed by atoms with Crippen LogP contribution in [0.3, 0.4) is 0 Å². The molecule has 0 saturated carbocycles. The van der Waals surface area contributed by atoms with E-state index in [0.29, 0.717) is 6.54 Å². The third kappa shape index (κ3) is 2.98. The number of carbonyl (C=O) groups is 1. The maximum absolute atomic E-state index is 12.5. The quantitative estimate of drug-likeness (QED) is 0.747. The second-order valence-electron chi connectivity index (χ2n) is 6.24. The van der Waals surface area contributed by atoms with Crippen LogP contribution in [-0.2, 0) is 19.3 Å². The zero-order valence-corrected chi connectivity index (χ0v) is 15.4. The second-order valence-corrected chi connectivity index (χ2v) is 8.46. The van der Waals surface area contributed by atoms with Gasteiger partial charge in [0.1, 0.15) is 0 Å². The Kier molecular flexibility index (Phi) is 4.37. The number of carbonyl (C=O) groups excluding carboxylic acids is 1. The van der Waals surface area contributed by atoms with E-state index in [1.54, 1.807) is 11.3 Å². The van der Waals surface area contributed by atoms with Crippen LogP contribution in [-0.4, -0.2) is 17.4 Å². The van der Waals surface area contributed by atoms with Gasteiger partial charge >= 0.3 is 0 Å². The van der Waals surface area contributed by atoms with Crippen LogP contribution < -0.4 is 5.32 Å². The highest BCUT2D eigenvalue weighted by atomic mass is 32.1. The Labute approximate surface area is 149 Å². The normalized spacial score (nSPS) is 13.9. The molecule has 4 rings (SSSR count). The summed E-state index contributed by atoms with van der Waals surface area (Å²) in [6.45, 7) is 2.68. The highest BCUT2D eigenvalue weighted by Gasteiger charge is 2.17. The van der Waals surface area contributed by atoms with Crippen LogP contribution in [0.15, 0.2) is 24.3 Å². The van der Waals surface area contributed by atoms with E-state index in [0.717, 1.165) is 28.3 Å². The van der Waals surface area contributed by atoms with Gasteiger partial charge in [0.25, 0.3) is 5.91 Å². The fourth-order valence-electron chi connectivity index (χ4n) is 3.27. The van der Waals surface area contributed by atoms with E-state index in [1.807, 2.05) is 30.4 Å². The molecule has 3 aromatic rings. The monoisotopic (exact) mass is 356 g/mol. The molecule has 1 aliphatic carbocycles. The summed E-state index contributed by atoms with van der Waals surface area (Å²) in [6.07, 6.45) is 5.68. The lowest BCUT2D eigenvalue weighted by Crippen LogP contribution is -2.25. The number of hydrogen-bond donors (Lipinski definition) is 1. The minimum absolute atomic E-state index is 0.0371. The van der Waals surface area contributed by atoms with E-state index < -0.39 is 0 Å². The summed E-state index contributed by atoms with van der Waals surface area (Å²) in [4.78, 5) is 19.5. The average molecular weight is 357 g/mol. The summed E-state index contributed by atoms with van der Waals surface area (Å²) in [5.74, 6) is 0.0371. The second kappa shape index (κ2) is 6.65. The predicted molar refractivity (Wildman–Crippen MR) is 101 cm³/mol.